The number of aliphatic imine (C=N–C) groups is 1. The van der Waals surface area contributed by atoms with E-state index in [4.69, 9.17) is 9.73 Å². The molecule has 0 atom stereocenters. The van der Waals surface area contributed by atoms with E-state index in [0.717, 1.165) is 43.9 Å². The first-order valence-electron chi connectivity index (χ1n) is 9.81. The summed E-state index contributed by atoms with van der Waals surface area (Å²) < 4.78 is 5.86. The van der Waals surface area contributed by atoms with Crippen LogP contribution in [0.15, 0.2) is 71.7 Å². The number of ether oxygens (including phenoxy) is 1. The van der Waals surface area contributed by atoms with Gasteiger partial charge >= 0.3 is 0 Å². The van der Waals surface area contributed by atoms with Gasteiger partial charge in [0.15, 0.2) is 0 Å². The van der Waals surface area contributed by atoms with Gasteiger partial charge in [0.1, 0.15) is 5.75 Å². The Hall–Kier alpha value is -2.87. The van der Waals surface area contributed by atoms with E-state index in [9.17, 15) is 0 Å². The minimum absolute atomic E-state index is 0.790. The fraction of sp³-hybridized carbons (Fsp3) is 0.240. The van der Waals surface area contributed by atoms with Gasteiger partial charge in [-0.15, -0.1) is 0 Å². The maximum Gasteiger partial charge on any atom is 0.119 e. The predicted octanol–water partition coefficient (Wildman–Crippen LogP) is 6.08. The van der Waals surface area contributed by atoms with Crippen LogP contribution in [0, 0.1) is 0 Å². The molecule has 3 aromatic rings. The smallest absolute Gasteiger partial charge is 0.119 e. The first-order chi connectivity index (χ1) is 13.3. The highest BCUT2D eigenvalue weighted by atomic mass is 16.5. The summed E-state index contributed by atoms with van der Waals surface area (Å²) in [4.78, 5) is 4.74. The molecule has 0 fully saturated rings. The van der Waals surface area contributed by atoms with Crippen LogP contribution >= 0.6 is 0 Å². The van der Waals surface area contributed by atoms with Crippen molar-refractivity contribution in [1.29, 1.82) is 0 Å². The summed E-state index contributed by atoms with van der Waals surface area (Å²) in [5.74, 6) is 0.974. The summed E-state index contributed by atoms with van der Waals surface area (Å²) in [5, 5.41) is 2.53. The molecule has 2 heteroatoms. The van der Waals surface area contributed by atoms with E-state index in [1.165, 1.54) is 27.5 Å². The van der Waals surface area contributed by atoms with Gasteiger partial charge in [-0.25, -0.2) is 0 Å². The van der Waals surface area contributed by atoms with Crippen molar-refractivity contribution in [2.24, 2.45) is 4.99 Å². The summed E-state index contributed by atoms with van der Waals surface area (Å²) in [5.41, 5.74) is 4.81. The van der Waals surface area contributed by atoms with Gasteiger partial charge in [0.25, 0.3) is 0 Å². The number of fused-ring (bicyclic) bond motifs is 2. The third kappa shape index (κ3) is 4.11. The van der Waals surface area contributed by atoms with E-state index in [1.54, 1.807) is 0 Å². The maximum absolute atomic E-state index is 5.86. The van der Waals surface area contributed by atoms with Crippen molar-refractivity contribution in [1.82, 2.24) is 0 Å². The molecule has 136 valence electrons. The van der Waals surface area contributed by atoms with Crippen LogP contribution in [0.4, 0.5) is 0 Å². The number of unbranched alkanes of at least 4 members (excludes halogenated alkanes) is 1. The molecule has 0 aromatic heterocycles. The van der Waals surface area contributed by atoms with Crippen LogP contribution in [0.3, 0.4) is 0 Å². The molecule has 0 bridgehead atoms. The quantitative estimate of drug-likeness (QED) is 0.491. The monoisotopic (exact) mass is 355 g/mol. The van der Waals surface area contributed by atoms with Gasteiger partial charge in [0.2, 0.25) is 0 Å². The first kappa shape index (κ1) is 17.5. The van der Waals surface area contributed by atoms with Gasteiger partial charge < -0.3 is 4.74 Å². The summed E-state index contributed by atoms with van der Waals surface area (Å²) in [6.45, 7) is 3.81. The van der Waals surface area contributed by atoms with Crippen LogP contribution in [-0.4, -0.2) is 18.9 Å². The largest absolute Gasteiger partial charge is 0.494 e. The summed E-state index contributed by atoms with van der Waals surface area (Å²) >= 11 is 0. The van der Waals surface area contributed by atoms with Gasteiger partial charge in [-0.05, 0) is 65.1 Å². The van der Waals surface area contributed by atoms with Gasteiger partial charge in [0.05, 0.1) is 12.3 Å². The topological polar surface area (TPSA) is 21.6 Å². The Bertz CT molecular complexity index is 1000. The van der Waals surface area contributed by atoms with Gasteiger partial charge in [0, 0.05) is 12.1 Å². The van der Waals surface area contributed by atoms with Crippen LogP contribution in [0.5, 0.6) is 5.75 Å². The zero-order valence-corrected chi connectivity index (χ0v) is 15.8. The summed E-state index contributed by atoms with van der Waals surface area (Å²) in [6, 6.07) is 21.4. The standard InChI is InChI=1S/C25H25NO/c1-2-3-16-27-23-11-12-24-22(18-23)14-15-26-25(24)13-9-19-8-10-20-6-4-5-7-21(20)17-19/h4-13,17-18H,2-3,14-16H2,1H3. The number of hydrogen-bond acceptors (Lipinski definition) is 2. The number of benzene rings is 3. The van der Waals surface area contributed by atoms with E-state index >= 15 is 0 Å². The molecule has 27 heavy (non-hydrogen) atoms. The van der Waals surface area contributed by atoms with Crippen molar-refractivity contribution < 1.29 is 4.74 Å². The second-order valence-corrected chi connectivity index (χ2v) is 6.98. The lowest BCUT2D eigenvalue weighted by molar-refractivity contribution is 0.309. The third-order valence-corrected chi connectivity index (χ3v) is 4.99. The fourth-order valence-electron chi connectivity index (χ4n) is 3.46. The Kier molecular flexibility index (Phi) is 5.34. The minimum Gasteiger partial charge on any atom is -0.494 e. The maximum atomic E-state index is 5.86. The Balaban J connectivity index is 1.54. The Morgan fingerprint density at radius 3 is 2.74 bits per heavy atom. The van der Waals surface area contributed by atoms with Gasteiger partial charge in [-0.3, -0.25) is 4.99 Å². The van der Waals surface area contributed by atoms with Crippen molar-refractivity contribution in [2.75, 3.05) is 13.2 Å². The predicted molar refractivity (Wildman–Crippen MR) is 115 cm³/mol. The molecule has 3 aromatic carbocycles. The number of rotatable bonds is 6. The van der Waals surface area contributed by atoms with Gasteiger partial charge in [-0.1, -0.05) is 55.8 Å². The Labute approximate surface area is 161 Å². The molecule has 1 heterocycles. The van der Waals surface area contributed by atoms with E-state index < -0.39 is 0 Å². The molecule has 4 rings (SSSR count). The fourth-order valence-corrected chi connectivity index (χ4v) is 3.46. The molecule has 0 unspecified atom stereocenters. The highest BCUT2D eigenvalue weighted by Crippen LogP contribution is 2.24. The second kappa shape index (κ2) is 8.22. The second-order valence-electron chi connectivity index (χ2n) is 6.98. The van der Waals surface area contributed by atoms with Crippen molar-refractivity contribution in [3.05, 3.63) is 83.4 Å². The molecule has 0 radical (unpaired) electrons. The molecule has 0 saturated carbocycles. The number of hydrogen-bond donors (Lipinski definition) is 0. The molecule has 0 N–H and O–H groups in total. The molecule has 1 aliphatic rings. The third-order valence-electron chi connectivity index (χ3n) is 4.99. The van der Waals surface area contributed by atoms with Crippen molar-refractivity contribution >= 4 is 22.6 Å². The lowest BCUT2D eigenvalue weighted by Gasteiger charge is -2.16. The van der Waals surface area contributed by atoms with E-state index in [-0.39, 0.29) is 0 Å². The number of allylic oxidation sites excluding steroid dienone is 1. The van der Waals surface area contributed by atoms with E-state index in [0.29, 0.717) is 0 Å². The summed E-state index contributed by atoms with van der Waals surface area (Å²) in [6.07, 6.45) is 7.53. The zero-order chi connectivity index (χ0) is 18.5. The molecule has 0 aliphatic carbocycles. The Morgan fingerprint density at radius 2 is 1.85 bits per heavy atom. The average Bonchev–Trinajstić information content (AvgIpc) is 2.72. The highest BCUT2D eigenvalue weighted by molar-refractivity contribution is 6.12. The van der Waals surface area contributed by atoms with Crippen LogP contribution < -0.4 is 4.74 Å². The van der Waals surface area contributed by atoms with Crippen LogP contribution in [0.25, 0.3) is 16.8 Å². The zero-order valence-electron chi connectivity index (χ0n) is 15.8. The average molecular weight is 355 g/mol. The highest BCUT2D eigenvalue weighted by Gasteiger charge is 2.13. The molecule has 1 aliphatic heterocycles. The van der Waals surface area contributed by atoms with Crippen molar-refractivity contribution in [3.63, 3.8) is 0 Å². The molecular weight excluding hydrogens is 330 g/mol. The normalized spacial score (nSPS) is 13.6. The minimum atomic E-state index is 0.790. The summed E-state index contributed by atoms with van der Waals surface area (Å²) in [7, 11) is 0. The van der Waals surface area contributed by atoms with E-state index in [1.807, 2.05) is 0 Å². The van der Waals surface area contributed by atoms with Crippen molar-refractivity contribution in [3.8, 4) is 5.75 Å². The van der Waals surface area contributed by atoms with Crippen LogP contribution in [-0.2, 0) is 6.42 Å². The Morgan fingerprint density at radius 1 is 0.963 bits per heavy atom. The van der Waals surface area contributed by atoms with Gasteiger partial charge in [-0.2, -0.15) is 0 Å². The molecular formula is C25H25NO. The molecule has 0 spiro atoms. The lowest BCUT2D eigenvalue weighted by Crippen LogP contribution is -2.11. The first-order valence-corrected chi connectivity index (χ1v) is 9.81. The molecule has 0 amide bonds. The van der Waals surface area contributed by atoms with Crippen LogP contribution in [0.2, 0.25) is 0 Å². The molecule has 2 nitrogen and oxygen atoms in total. The van der Waals surface area contributed by atoms with Crippen molar-refractivity contribution in [2.45, 2.75) is 26.2 Å². The van der Waals surface area contributed by atoms with Crippen LogP contribution in [0.1, 0.15) is 36.5 Å². The van der Waals surface area contributed by atoms with E-state index in [2.05, 4.69) is 79.7 Å². The lowest BCUT2D eigenvalue weighted by atomic mass is 9.96. The number of nitrogens with zero attached hydrogens (tertiary/aromatic N) is 1. The SMILES string of the molecule is CCCCOc1ccc2c(c1)CCN=C2C=Cc1ccc2ccccc2c1. The molecule has 0 saturated heterocycles.